The standard InChI is InChI=1S/C15H26N2O2/c18-15(17-11-5-3-1-2-4-6-11)10-16-13-9-12-7-8-14(13)19-12/h11-14,16H,1-10H2,(H,17,18). The van der Waals surface area contributed by atoms with E-state index in [0.717, 1.165) is 25.7 Å². The summed E-state index contributed by atoms with van der Waals surface area (Å²) in [6, 6.07) is 0.812. The molecule has 2 saturated heterocycles. The molecule has 0 aromatic heterocycles. The van der Waals surface area contributed by atoms with Crippen LogP contribution in [-0.4, -0.2) is 36.7 Å². The molecule has 1 amide bonds. The second kappa shape index (κ2) is 6.23. The van der Waals surface area contributed by atoms with E-state index in [4.69, 9.17) is 4.74 Å². The minimum atomic E-state index is 0.162. The zero-order valence-electron chi connectivity index (χ0n) is 11.7. The summed E-state index contributed by atoms with van der Waals surface area (Å²) in [7, 11) is 0. The van der Waals surface area contributed by atoms with Gasteiger partial charge in [0.2, 0.25) is 5.91 Å². The van der Waals surface area contributed by atoms with Crippen molar-refractivity contribution in [2.75, 3.05) is 6.54 Å². The lowest BCUT2D eigenvalue weighted by atomic mass is 9.95. The summed E-state index contributed by atoms with van der Waals surface area (Å²) in [6.07, 6.45) is 11.7. The van der Waals surface area contributed by atoms with E-state index >= 15 is 0 Å². The normalized spacial score (nSPS) is 35.3. The van der Waals surface area contributed by atoms with Gasteiger partial charge in [-0.05, 0) is 32.1 Å². The fourth-order valence-electron chi connectivity index (χ4n) is 3.78. The third-order valence-corrected chi connectivity index (χ3v) is 4.85. The van der Waals surface area contributed by atoms with Crippen LogP contribution in [0.2, 0.25) is 0 Å². The summed E-state index contributed by atoms with van der Waals surface area (Å²) >= 11 is 0. The summed E-state index contributed by atoms with van der Waals surface area (Å²) in [5, 5.41) is 6.57. The Balaban J connectivity index is 1.36. The molecular formula is C15H26N2O2. The molecule has 1 aliphatic carbocycles. The van der Waals surface area contributed by atoms with E-state index in [1.54, 1.807) is 0 Å². The number of hydrogen-bond donors (Lipinski definition) is 2. The highest BCUT2D eigenvalue weighted by molar-refractivity contribution is 5.78. The number of amides is 1. The molecule has 3 unspecified atom stereocenters. The second-order valence-electron chi connectivity index (χ2n) is 6.35. The smallest absolute Gasteiger partial charge is 0.234 e. The first kappa shape index (κ1) is 13.4. The van der Waals surface area contributed by atoms with Gasteiger partial charge in [-0.1, -0.05) is 25.7 Å². The van der Waals surface area contributed by atoms with Crippen LogP contribution in [0.25, 0.3) is 0 Å². The second-order valence-corrected chi connectivity index (χ2v) is 6.35. The van der Waals surface area contributed by atoms with Crippen LogP contribution < -0.4 is 10.6 Å². The van der Waals surface area contributed by atoms with E-state index in [1.165, 1.54) is 32.1 Å². The number of rotatable bonds is 4. The lowest BCUT2D eigenvalue weighted by molar-refractivity contribution is -0.121. The zero-order chi connectivity index (χ0) is 13.1. The van der Waals surface area contributed by atoms with E-state index in [9.17, 15) is 4.79 Å². The Kier molecular flexibility index (Phi) is 4.38. The summed E-state index contributed by atoms with van der Waals surface area (Å²) in [6.45, 7) is 0.452. The number of carbonyl (C=O) groups excluding carboxylic acids is 1. The van der Waals surface area contributed by atoms with Crippen molar-refractivity contribution in [1.82, 2.24) is 10.6 Å². The third kappa shape index (κ3) is 3.48. The molecule has 1 saturated carbocycles. The summed E-state index contributed by atoms with van der Waals surface area (Å²) < 4.78 is 5.79. The molecule has 4 nitrogen and oxygen atoms in total. The van der Waals surface area contributed by atoms with Crippen LogP contribution >= 0.6 is 0 Å². The lowest BCUT2D eigenvalue weighted by Gasteiger charge is -2.21. The highest BCUT2D eigenvalue weighted by Crippen LogP contribution is 2.34. The van der Waals surface area contributed by atoms with Gasteiger partial charge in [0.05, 0.1) is 18.8 Å². The molecular weight excluding hydrogens is 240 g/mol. The maximum absolute atomic E-state index is 12.0. The van der Waals surface area contributed by atoms with E-state index in [1.807, 2.05) is 0 Å². The highest BCUT2D eigenvalue weighted by atomic mass is 16.5. The van der Waals surface area contributed by atoms with Crippen molar-refractivity contribution in [2.45, 2.75) is 82.1 Å². The molecule has 19 heavy (non-hydrogen) atoms. The predicted octanol–water partition coefficient (Wildman–Crippen LogP) is 1.73. The number of ether oxygens (including phenoxy) is 1. The van der Waals surface area contributed by atoms with Crippen molar-refractivity contribution in [3.8, 4) is 0 Å². The van der Waals surface area contributed by atoms with Crippen molar-refractivity contribution in [2.24, 2.45) is 0 Å². The predicted molar refractivity (Wildman–Crippen MR) is 73.9 cm³/mol. The molecule has 0 spiro atoms. The van der Waals surface area contributed by atoms with Gasteiger partial charge in [-0.3, -0.25) is 4.79 Å². The Morgan fingerprint density at radius 3 is 2.47 bits per heavy atom. The summed E-state index contributed by atoms with van der Waals surface area (Å²) in [5.41, 5.74) is 0. The Hall–Kier alpha value is -0.610. The first-order valence-corrected chi connectivity index (χ1v) is 7.99. The van der Waals surface area contributed by atoms with E-state index < -0.39 is 0 Å². The third-order valence-electron chi connectivity index (χ3n) is 4.85. The van der Waals surface area contributed by atoms with Crippen LogP contribution in [0.1, 0.15) is 57.8 Å². The number of hydrogen-bond acceptors (Lipinski definition) is 3. The van der Waals surface area contributed by atoms with Crippen LogP contribution in [0.4, 0.5) is 0 Å². The van der Waals surface area contributed by atoms with E-state index in [0.29, 0.717) is 30.8 Å². The van der Waals surface area contributed by atoms with Gasteiger partial charge in [-0.15, -0.1) is 0 Å². The van der Waals surface area contributed by atoms with Crippen LogP contribution in [-0.2, 0) is 9.53 Å². The maximum Gasteiger partial charge on any atom is 0.234 e. The van der Waals surface area contributed by atoms with Crippen molar-refractivity contribution in [3.63, 3.8) is 0 Å². The largest absolute Gasteiger partial charge is 0.373 e. The Labute approximate surface area is 115 Å². The van der Waals surface area contributed by atoms with E-state index in [-0.39, 0.29) is 5.91 Å². The van der Waals surface area contributed by atoms with E-state index in [2.05, 4.69) is 10.6 Å². The molecule has 4 heteroatoms. The fourth-order valence-corrected chi connectivity index (χ4v) is 3.78. The number of nitrogens with one attached hydrogen (secondary N) is 2. The van der Waals surface area contributed by atoms with Crippen molar-refractivity contribution in [3.05, 3.63) is 0 Å². The quantitative estimate of drug-likeness (QED) is 0.762. The molecule has 108 valence electrons. The average Bonchev–Trinajstić information content (AvgIpc) is 2.94. The van der Waals surface area contributed by atoms with Gasteiger partial charge < -0.3 is 15.4 Å². The Morgan fingerprint density at radius 2 is 1.84 bits per heavy atom. The zero-order valence-corrected chi connectivity index (χ0v) is 11.7. The van der Waals surface area contributed by atoms with Gasteiger partial charge in [0.1, 0.15) is 0 Å². The molecule has 2 bridgehead atoms. The van der Waals surface area contributed by atoms with Crippen LogP contribution in [0.15, 0.2) is 0 Å². The van der Waals surface area contributed by atoms with Crippen LogP contribution in [0.5, 0.6) is 0 Å². The first-order chi connectivity index (χ1) is 9.31. The minimum Gasteiger partial charge on any atom is -0.373 e. The minimum absolute atomic E-state index is 0.162. The molecule has 0 aromatic rings. The van der Waals surface area contributed by atoms with Gasteiger partial charge in [0.25, 0.3) is 0 Å². The van der Waals surface area contributed by atoms with Gasteiger partial charge in [0.15, 0.2) is 0 Å². The molecule has 0 aromatic carbocycles. The molecule has 2 N–H and O–H groups in total. The molecule has 3 aliphatic rings. The first-order valence-electron chi connectivity index (χ1n) is 7.99. The topological polar surface area (TPSA) is 50.4 Å². The molecule has 3 atom stereocenters. The Bertz CT molecular complexity index is 313. The number of fused-ring (bicyclic) bond motifs is 2. The molecule has 2 heterocycles. The monoisotopic (exact) mass is 266 g/mol. The molecule has 2 aliphatic heterocycles. The van der Waals surface area contributed by atoms with Crippen LogP contribution in [0.3, 0.4) is 0 Å². The number of carbonyl (C=O) groups is 1. The SMILES string of the molecule is O=C(CNC1CC2CCC1O2)NC1CCCCCC1. The Morgan fingerprint density at radius 1 is 1.05 bits per heavy atom. The van der Waals surface area contributed by atoms with Crippen molar-refractivity contribution >= 4 is 5.91 Å². The van der Waals surface area contributed by atoms with Crippen LogP contribution in [0, 0.1) is 0 Å². The lowest BCUT2D eigenvalue weighted by Crippen LogP contribution is -2.45. The van der Waals surface area contributed by atoms with Gasteiger partial charge in [-0.25, -0.2) is 0 Å². The molecule has 3 fully saturated rings. The van der Waals surface area contributed by atoms with Gasteiger partial charge in [0, 0.05) is 12.1 Å². The average molecular weight is 266 g/mol. The van der Waals surface area contributed by atoms with Crippen molar-refractivity contribution < 1.29 is 9.53 Å². The highest BCUT2D eigenvalue weighted by Gasteiger charge is 2.40. The van der Waals surface area contributed by atoms with Crippen molar-refractivity contribution in [1.29, 1.82) is 0 Å². The van der Waals surface area contributed by atoms with Gasteiger partial charge >= 0.3 is 0 Å². The maximum atomic E-state index is 12.0. The fraction of sp³-hybridized carbons (Fsp3) is 0.933. The summed E-state index contributed by atoms with van der Waals surface area (Å²) in [5.74, 6) is 0.162. The molecule has 0 radical (unpaired) electrons. The summed E-state index contributed by atoms with van der Waals surface area (Å²) in [4.78, 5) is 12.0. The van der Waals surface area contributed by atoms with Gasteiger partial charge in [-0.2, -0.15) is 0 Å². The molecule has 3 rings (SSSR count).